The zero-order valence-electron chi connectivity index (χ0n) is 21.8. The standard InChI is InChI=1S/C31H32O6S/c1-21(36-22(2)32)19-28-25(26-15-10-16-27(30(26)37-28)35-20-29(33)34-3)17-18-38-31(23-11-6-4-7-12-23)24-13-8-5-9-14-24/h4-16,21,31H,17-20H2,1-3H3. The Balaban J connectivity index is 1.61. The van der Waals surface area contributed by atoms with Crippen molar-refractivity contribution in [1.29, 1.82) is 0 Å². The summed E-state index contributed by atoms with van der Waals surface area (Å²) in [5.74, 6) is 1.26. The van der Waals surface area contributed by atoms with E-state index in [0.717, 1.165) is 28.9 Å². The maximum atomic E-state index is 11.7. The van der Waals surface area contributed by atoms with Crippen LogP contribution in [0.4, 0.5) is 0 Å². The van der Waals surface area contributed by atoms with Gasteiger partial charge in [-0.15, -0.1) is 11.8 Å². The number of hydrogen-bond acceptors (Lipinski definition) is 7. The Morgan fingerprint density at radius 3 is 2.18 bits per heavy atom. The predicted octanol–water partition coefficient (Wildman–Crippen LogP) is 6.54. The Bertz CT molecular complexity index is 1310. The van der Waals surface area contributed by atoms with Gasteiger partial charge in [-0.1, -0.05) is 72.8 Å². The van der Waals surface area contributed by atoms with E-state index in [9.17, 15) is 9.59 Å². The summed E-state index contributed by atoms with van der Waals surface area (Å²) >= 11 is 1.87. The molecule has 0 bridgehead atoms. The highest BCUT2D eigenvalue weighted by atomic mass is 32.2. The van der Waals surface area contributed by atoms with Crippen LogP contribution in [0.2, 0.25) is 0 Å². The van der Waals surface area contributed by atoms with Crippen LogP contribution in [0.5, 0.6) is 5.75 Å². The number of benzene rings is 3. The van der Waals surface area contributed by atoms with Gasteiger partial charge in [0.2, 0.25) is 0 Å². The highest BCUT2D eigenvalue weighted by Crippen LogP contribution is 2.38. The van der Waals surface area contributed by atoms with Gasteiger partial charge in [0, 0.05) is 24.3 Å². The smallest absolute Gasteiger partial charge is 0.343 e. The number of carbonyl (C=O) groups excluding carboxylic acids is 2. The van der Waals surface area contributed by atoms with E-state index >= 15 is 0 Å². The molecular formula is C31H32O6S. The summed E-state index contributed by atoms with van der Waals surface area (Å²) in [4.78, 5) is 23.2. The molecule has 3 aromatic carbocycles. The second-order valence-corrected chi connectivity index (χ2v) is 10.2. The number of methoxy groups -OCH3 is 1. The molecule has 0 amide bonds. The van der Waals surface area contributed by atoms with E-state index in [-0.39, 0.29) is 23.9 Å². The molecule has 1 atom stereocenters. The van der Waals surface area contributed by atoms with Crippen molar-refractivity contribution in [3.8, 4) is 5.75 Å². The molecule has 0 N–H and O–H groups in total. The topological polar surface area (TPSA) is 75.0 Å². The van der Waals surface area contributed by atoms with Gasteiger partial charge in [0.25, 0.3) is 0 Å². The van der Waals surface area contributed by atoms with Crippen molar-refractivity contribution in [3.63, 3.8) is 0 Å². The zero-order valence-corrected chi connectivity index (χ0v) is 22.7. The summed E-state index contributed by atoms with van der Waals surface area (Å²) in [5, 5.41) is 1.12. The lowest BCUT2D eigenvalue weighted by molar-refractivity contribution is -0.145. The van der Waals surface area contributed by atoms with Gasteiger partial charge in [-0.05, 0) is 36.3 Å². The number of aryl methyl sites for hydroxylation is 1. The fourth-order valence-corrected chi connectivity index (χ4v) is 5.70. The van der Waals surface area contributed by atoms with E-state index in [4.69, 9.17) is 18.6 Å². The molecule has 0 aliphatic heterocycles. The molecule has 0 radical (unpaired) electrons. The lowest BCUT2D eigenvalue weighted by Crippen LogP contribution is -2.15. The number of ether oxygens (including phenoxy) is 3. The SMILES string of the molecule is COC(=O)COc1cccc2c(CCSC(c3ccccc3)c3ccccc3)c(CC(C)OC(C)=O)oc12. The first kappa shape index (κ1) is 27.3. The molecule has 1 unspecified atom stereocenters. The fourth-order valence-electron chi connectivity index (χ4n) is 4.45. The third-order valence-electron chi connectivity index (χ3n) is 6.12. The molecule has 0 aliphatic rings. The summed E-state index contributed by atoms with van der Waals surface area (Å²) < 4.78 is 22.1. The summed E-state index contributed by atoms with van der Waals surface area (Å²) in [7, 11) is 1.32. The molecule has 0 fully saturated rings. The first-order chi connectivity index (χ1) is 18.5. The van der Waals surface area contributed by atoms with Gasteiger partial charge in [0.1, 0.15) is 11.9 Å². The predicted molar refractivity (Wildman–Crippen MR) is 150 cm³/mol. The van der Waals surface area contributed by atoms with Crippen LogP contribution in [-0.2, 0) is 31.9 Å². The van der Waals surface area contributed by atoms with Gasteiger partial charge in [-0.25, -0.2) is 4.79 Å². The quantitative estimate of drug-likeness (QED) is 0.192. The number of fused-ring (bicyclic) bond motifs is 1. The summed E-state index contributed by atoms with van der Waals surface area (Å²) in [5.41, 5.74) is 4.13. The number of furan rings is 1. The molecule has 0 saturated carbocycles. The van der Waals surface area contributed by atoms with Crippen LogP contribution in [0, 0.1) is 0 Å². The Labute approximate surface area is 227 Å². The minimum absolute atomic E-state index is 0.193. The second kappa shape index (κ2) is 13.2. The Hall–Kier alpha value is -3.71. The number of thioether (sulfide) groups is 1. The van der Waals surface area contributed by atoms with Gasteiger partial charge in [-0.2, -0.15) is 0 Å². The molecule has 1 aromatic heterocycles. The minimum Gasteiger partial charge on any atom is -0.478 e. The molecular weight excluding hydrogens is 500 g/mol. The van der Waals surface area contributed by atoms with Gasteiger partial charge in [0.15, 0.2) is 17.9 Å². The van der Waals surface area contributed by atoms with E-state index in [1.807, 2.05) is 43.0 Å². The zero-order chi connectivity index (χ0) is 26.9. The number of hydrogen-bond donors (Lipinski definition) is 0. The van der Waals surface area contributed by atoms with Crippen molar-refractivity contribution < 1.29 is 28.2 Å². The summed E-state index contributed by atoms with van der Waals surface area (Å²) in [6, 6.07) is 26.6. The van der Waals surface area contributed by atoms with E-state index < -0.39 is 5.97 Å². The van der Waals surface area contributed by atoms with E-state index in [0.29, 0.717) is 17.8 Å². The van der Waals surface area contributed by atoms with Gasteiger partial charge in [0.05, 0.1) is 12.4 Å². The lowest BCUT2D eigenvalue weighted by Gasteiger charge is -2.18. The van der Waals surface area contributed by atoms with Crippen molar-refractivity contribution in [2.24, 2.45) is 0 Å². The molecule has 0 aliphatic carbocycles. The van der Waals surface area contributed by atoms with Crippen LogP contribution in [0.25, 0.3) is 11.0 Å². The monoisotopic (exact) mass is 532 g/mol. The van der Waals surface area contributed by atoms with Crippen LogP contribution in [0.15, 0.2) is 83.3 Å². The Morgan fingerprint density at radius 1 is 0.921 bits per heavy atom. The van der Waals surface area contributed by atoms with Crippen molar-refractivity contribution in [2.45, 2.75) is 38.0 Å². The number of para-hydroxylation sites is 1. The first-order valence-electron chi connectivity index (χ1n) is 12.6. The third kappa shape index (κ3) is 6.98. The van der Waals surface area contributed by atoms with Crippen molar-refractivity contribution in [3.05, 3.63) is 101 Å². The summed E-state index contributed by atoms with van der Waals surface area (Å²) in [6.45, 7) is 3.04. The highest BCUT2D eigenvalue weighted by Gasteiger charge is 2.22. The van der Waals surface area contributed by atoms with Crippen LogP contribution in [-0.4, -0.2) is 37.5 Å². The van der Waals surface area contributed by atoms with Gasteiger partial charge >= 0.3 is 11.9 Å². The van der Waals surface area contributed by atoms with Crippen molar-refractivity contribution in [1.82, 2.24) is 0 Å². The molecule has 38 heavy (non-hydrogen) atoms. The summed E-state index contributed by atoms with van der Waals surface area (Å²) in [6.07, 6.45) is 0.835. The molecule has 198 valence electrons. The average molecular weight is 533 g/mol. The molecule has 7 heteroatoms. The van der Waals surface area contributed by atoms with E-state index in [1.54, 1.807) is 6.07 Å². The molecule has 1 heterocycles. The first-order valence-corrected chi connectivity index (χ1v) is 13.6. The maximum Gasteiger partial charge on any atom is 0.343 e. The Kier molecular flexibility index (Phi) is 9.49. The van der Waals surface area contributed by atoms with Crippen LogP contribution >= 0.6 is 11.8 Å². The molecule has 4 rings (SSSR count). The van der Waals surface area contributed by atoms with Crippen molar-refractivity contribution in [2.75, 3.05) is 19.5 Å². The Morgan fingerprint density at radius 2 is 1.58 bits per heavy atom. The normalized spacial score (nSPS) is 11.9. The maximum absolute atomic E-state index is 11.7. The van der Waals surface area contributed by atoms with Crippen LogP contribution in [0.1, 0.15) is 41.5 Å². The van der Waals surface area contributed by atoms with E-state index in [2.05, 4.69) is 48.5 Å². The fraction of sp³-hybridized carbons (Fsp3) is 0.290. The van der Waals surface area contributed by atoms with Crippen molar-refractivity contribution >= 4 is 34.7 Å². The van der Waals surface area contributed by atoms with Crippen LogP contribution in [0.3, 0.4) is 0 Å². The van der Waals surface area contributed by atoms with Gasteiger partial charge in [-0.3, -0.25) is 4.79 Å². The molecule has 6 nitrogen and oxygen atoms in total. The number of esters is 2. The highest BCUT2D eigenvalue weighted by molar-refractivity contribution is 7.99. The average Bonchev–Trinajstić information content (AvgIpc) is 3.27. The third-order valence-corrected chi connectivity index (χ3v) is 7.44. The second-order valence-electron chi connectivity index (χ2n) is 8.95. The van der Waals surface area contributed by atoms with E-state index in [1.165, 1.54) is 25.2 Å². The number of carbonyl (C=O) groups is 2. The molecule has 0 spiro atoms. The van der Waals surface area contributed by atoms with Crippen LogP contribution < -0.4 is 4.74 Å². The minimum atomic E-state index is -0.471. The number of rotatable bonds is 12. The molecule has 4 aromatic rings. The molecule has 0 saturated heterocycles. The lowest BCUT2D eigenvalue weighted by atomic mass is 10.0. The largest absolute Gasteiger partial charge is 0.478 e. The van der Waals surface area contributed by atoms with Gasteiger partial charge < -0.3 is 18.6 Å².